The number of esters is 1. The average Bonchev–Trinajstić information content (AvgIpc) is 2.67. The van der Waals surface area contributed by atoms with Crippen molar-refractivity contribution >= 4 is 68.3 Å². The smallest absolute Gasteiger partial charge is 0.306 e. The van der Waals surface area contributed by atoms with E-state index in [9.17, 15) is 14.4 Å². The van der Waals surface area contributed by atoms with E-state index in [1.165, 1.54) is 0 Å². The van der Waals surface area contributed by atoms with E-state index in [1.54, 1.807) is 18.2 Å². The number of amides is 2. The number of anilines is 2. The van der Waals surface area contributed by atoms with Crippen LogP contribution in [0.1, 0.15) is 30.4 Å². The highest BCUT2D eigenvalue weighted by Crippen LogP contribution is 2.26. The molecule has 9 heteroatoms. The molecule has 0 atom stereocenters. The number of hydrogen-bond acceptors (Lipinski definition) is 4. The van der Waals surface area contributed by atoms with Crippen LogP contribution >= 0.6 is 39.1 Å². The van der Waals surface area contributed by atoms with Crippen LogP contribution in [0.15, 0.2) is 34.8 Å². The van der Waals surface area contributed by atoms with E-state index in [4.69, 9.17) is 27.9 Å². The molecule has 0 radical (unpaired) electrons. The Morgan fingerprint density at radius 3 is 2.17 bits per heavy atom. The van der Waals surface area contributed by atoms with Crippen LogP contribution in [0.2, 0.25) is 10.0 Å². The molecule has 0 aliphatic heterocycles. The van der Waals surface area contributed by atoms with Gasteiger partial charge in [-0.25, -0.2) is 0 Å². The highest BCUT2D eigenvalue weighted by Gasteiger charge is 2.11. The van der Waals surface area contributed by atoms with Crippen molar-refractivity contribution in [3.63, 3.8) is 0 Å². The molecule has 0 unspecified atom stereocenters. The van der Waals surface area contributed by atoms with Gasteiger partial charge in [0.2, 0.25) is 5.91 Å². The van der Waals surface area contributed by atoms with Crippen LogP contribution in [-0.4, -0.2) is 24.4 Å². The molecule has 0 heterocycles. The zero-order chi connectivity index (χ0) is 22.3. The Hall–Kier alpha value is -2.09. The summed E-state index contributed by atoms with van der Waals surface area (Å²) in [6.45, 7) is 3.46. The standard InChI is InChI=1S/C21H21BrCl2N2O4/c1-12-8-15(9-13(2)21(12)22)26-19(28)11-30-20(29)5-3-4-18(27)25-14-6-7-16(23)17(24)10-14/h6-10H,3-5,11H2,1-2H3,(H,25,27)(H,26,28). The number of nitrogens with one attached hydrogen (secondary N) is 2. The maximum atomic E-state index is 12.0. The number of benzene rings is 2. The Labute approximate surface area is 193 Å². The molecule has 2 N–H and O–H groups in total. The fourth-order valence-corrected chi connectivity index (χ4v) is 3.15. The summed E-state index contributed by atoms with van der Waals surface area (Å²) in [6, 6.07) is 8.40. The van der Waals surface area contributed by atoms with E-state index in [0.29, 0.717) is 27.8 Å². The monoisotopic (exact) mass is 514 g/mol. The Balaban J connectivity index is 1.68. The normalized spacial score (nSPS) is 10.4. The molecule has 30 heavy (non-hydrogen) atoms. The molecular formula is C21H21BrCl2N2O4. The Morgan fingerprint density at radius 2 is 1.53 bits per heavy atom. The first-order valence-electron chi connectivity index (χ1n) is 9.13. The van der Waals surface area contributed by atoms with Crippen LogP contribution in [0.3, 0.4) is 0 Å². The predicted molar refractivity (Wildman–Crippen MR) is 122 cm³/mol. The van der Waals surface area contributed by atoms with Gasteiger partial charge in [-0.3, -0.25) is 14.4 Å². The summed E-state index contributed by atoms with van der Waals surface area (Å²) in [4.78, 5) is 35.7. The summed E-state index contributed by atoms with van der Waals surface area (Å²) in [5.74, 6) is -1.24. The van der Waals surface area contributed by atoms with Crippen molar-refractivity contribution < 1.29 is 19.1 Å². The number of carbonyl (C=O) groups excluding carboxylic acids is 3. The molecule has 0 saturated heterocycles. The SMILES string of the molecule is Cc1cc(NC(=O)COC(=O)CCCC(=O)Nc2ccc(Cl)c(Cl)c2)cc(C)c1Br. The third-order valence-electron chi connectivity index (χ3n) is 4.07. The van der Waals surface area contributed by atoms with Crippen molar-refractivity contribution in [2.75, 3.05) is 17.2 Å². The van der Waals surface area contributed by atoms with Gasteiger partial charge in [-0.05, 0) is 61.7 Å². The van der Waals surface area contributed by atoms with Crippen molar-refractivity contribution in [1.82, 2.24) is 0 Å². The second kappa shape index (κ2) is 11.3. The average molecular weight is 516 g/mol. The maximum Gasteiger partial charge on any atom is 0.306 e. The van der Waals surface area contributed by atoms with Gasteiger partial charge in [-0.2, -0.15) is 0 Å². The topological polar surface area (TPSA) is 84.5 Å². The van der Waals surface area contributed by atoms with E-state index in [2.05, 4.69) is 26.6 Å². The Kier molecular flexibility index (Phi) is 9.14. The molecule has 2 rings (SSSR count). The van der Waals surface area contributed by atoms with E-state index >= 15 is 0 Å². The highest BCUT2D eigenvalue weighted by molar-refractivity contribution is 9.10. The van der Waals surface area contributed by atoms with E-state index in [0.717, 1.165) is 15.6 Å². The third-order valence-corrected chi connectivity index (χ3v) is 6.06. The van der Waals surface area contributed by atoms with Gasteiger partial charge >= 0.3 is 5.97 Å². The first-order chi connectivity index (χ1) is 14.2. The molecule has 6 nitrogen and oxygen atoms in total. The summed E-state index contributed by atoms with van der Waals surface area (Å²) in [5, 5.41) is 6.10. The van der Waals surface area contributed by atoms with Gasteiger partial charge < -0.3 is 15.4 Å². The quantitative estimate of drug-likeness (QED) is 0.444. The van der Waals surface area contributed by atoms with Gasteiger partial charge in [0.05, 0.1) is 10.0 Å². The van der Waals surface area contributed by atoms with Crippen molar-refractivity contribution in [1.29, 1.82) is 0 Å². The van der Waals surface area contributed by atoms with E-state index in [-0.39, 0.29) is 25.4 Å². The van der Waals surface area contributed by atoms with Crippen LogP contribution in [0, 0.1) is 13.8 Å². The summed E-state index contributed by atoms with van der Waals surface area (Å²) < 4.78 is 5.95. The van der Waals surface area contributed by atoms with Crippen molar-refractivity contribution in [3.8, 4) is 0 Å². The largest absolute Gasteiger partial charge is 0.456 e. The molecule has 0 aliphatic carbocycles. The molecule has 0 aliphatic rings. The second-order valence-corrected chi connectivity index (χ2v) is 8.27. The lowest BCUT2D eigenvalue weighted by Gasteiger charge is -2.10. The second-order valence-electron chi connectivity index (χ2n) is 6.66. The molecule has 160 valence electrons. The molecule has 0 fully saturated rings. The van der Waals surface area contributed by atoms with E-state index in [1.807, 2.05) is 26.0 Å². The summed E-state index contributed by atoms with van der Waals surface area (Å²) >= 11 is 15.2. The van der Waals surface area contributed by atoms with Crippen molar-refractivity contribution in [2.24, 2.45) is 0 Å². The minimum absolute atomic E-state index is 0.0264. The predicted octanol–water partition coefficient (Wildman–Crippen LogP) is 5.66. The van der Waals surface area contributed by atoms with Crippen LogP contribution in [0.25, 0.3) is 0 Å². The molecule has 2 amide bonds. The van der Waals surface area contributed by atoms with Crippen LogP contribution in [0.5, 0.6) is 0 Å². The lowest BCUT2D eigenvalue weighted by atomic mass is 10.1. The number of ether oxygens (including phenoxy) is 1. The molecule has 0 spiro atoms. The van der Waals surface area contributed by atoms with Crippen LogP contribution in [-0.2, 0) is 19.1 Å². The van der Waals surface area contributed by atoms with Crippen LogP contribution < -0.4 is 10.6 Å². The van der Waals surface area contributed by atoms with Gasteiger partial charge in [0.15, 0.2) is 6.61 Å². The third kappa shape index (κ3) is 7.63. The molecule has 2 aromatic carbocycles. The van der Waals surface area contributed by atoms with Gasteiger partial charge in [-0.1, -0.05) is 39.1 Å². The maximum absolute atomic E-state index is 12.0. The fraction of sp³-hybridized carbons (Fsp3) is 0.286. The first kappa shape index (κ1) is 24.2. The first-order valence-corrected chi connectivity index (χ1v) is 10.7. The van der Waals surface area contributed by atoms with Crippen LogP contribution in [0.4, 0.5) is 11.4 Å². The summed E-state index contributed by atoms with van der Waals surface area (Å²) in [5.41, 5.74) is 3.13. The van der Waals surface area contributed by atoms with Crippen molar-refractivity contribution in [3.05, 3.63) is 56.0 Å². The lowest BCUT2D eigenvalue weighted by Crippen LogP contribution is -2.21. The van der Waals surface area contributed by atoms with Gasteiger partial charge in [0, 0.05) is 28.7 Å². The minimum Gasteiger partial charge on any atom is -0.456 e. The highest BCUT2D eigenvalue weighted by atomic mass is 79.9. The van der Waals surface area contributed by atoms with Gasteiger partial charge in [0.25, 0.3) is 5.91 Å². The molecule has 2 aromatic rings. The number of aryl methyl sites for hydroxylation is 2. The molecule has 0 saturated carbocycles. The summed E-state index contributed by atoms with van der Waals surface area (Å²) in [6.07, 6.45) is 0.441. The van der Waals surface area contributed by atoms with Gasteiger partial charge in [0.1, 0.15) is 0 Å². The fourth-order valence-electron chi connectivity index (χ4n) is 2.62. The lowest BCUT2D eigenvalue weighted by molar-refractivity contribution is -0.147. The summed E-state index contributed by atoms with van der Waals surface area (Å²) in [7, 11) is 0. The Morgan fingerprint density at radius 1 is 0.900 bits per heavy atom. The zero-order valence-corrected chi connectivity index (χ0v) is 19.6. The molecular weight excluding hydrogens is 495 g/mol. The zero-order valence-electron chi connectivity index (χ0n) is 16.5. The number of halogens is 3. The number of rotatable bonds is 8. The number of hydrogen-bond donors (Lipinski definition) is 2. The molecule has 0 aromatic heterocycles. The molecule has 0 bridgehead atoms. The number of carbonyl (C=O) groups is 3. The minimum atomic E-state index is -0.546. The van der Waals surface area contributed by atoms with Gasteiger partial charge in [-0.15, -0.1) is 0 Å². The van der Waals surface area contributed by atoms with Crippen molar-refractivity contribution in [2.45, 2.75) is 33.1 Å². The Bertz CT molecular complexity index is 943. The van der Waals surface area contributed by atoms with E-state index < -0.39 is 11.9 Å².